The summed E-state index contributed by atoms with van der Waals surface area (Å²) in [6.45, 7) is 6.77. The van der Waals surface area contributed by atoms with E-state index >= 15 is 0 Å². The molecule has 2 aromatic rings. The Kier molecular flexibility index (Phi) is 5.18. The topological polar surface area (TPSA) is 43.5 Å². The molecule has 31 heavy (non-hydrogen) atoms. The first-order chi connectivity index (χ1) is 14.5. The van der Waals surface area contributed by atoms with Crippen molar-refractivity contribution >= 4 is 47.5 Å². The van der Waals surface area contributed by atoms with Crippen LogP contribution in [0.2, 0.25) is 13.1 Å². The predicted molar refractivity (Wildman–Crippen MR) is 134 cm³/mol. The lowest BCUT2D eigenvalue weighted by Gasteiger charge is -2.38. The Balaban J connectivity index is 2.10. The maximum atomic E-state index is 11.7. The van der Waals surface area contributed by atoms with Crippen LogP contribution in [0.15, 0.2) is 52.6 Å². The predicted octanol–water partition coefficient (Wildman–Crippen LogP) is 4.30. The third-order valence-electron chi connectivity index (χ3n) is 6.43. The first-order valence-electron chi connectivity index (χ1n) is 10.4. The lowest BCUT2D eigenvalue weighted by atomic mass is 9.89. The maximum Gasteiger partial charge on any atom is 0.346 e. The van der Waals surface area contributed by atoms with Gasteiger partial charge in [-0.3, -0.25) is 0 Å². The largest absolute Gasteiger partial charge is 0.477 e. The Morgan fingerprint density at radius 2 is 1.84 bits per heavy atom. The second-order valence-corrected chi connectivity index (χ2v) is 14.4. The van der Waals surface area contributed by atoms with E-state index in [1.165, 1.54) is 44.3 Å². The second-order valence-electron chi connectivity index (χ2n) is 9.16. The Labute approximate surface area is 189 Å². The molecule has 4 rings (SSSR count). The number of nitrogens with zero attached hydrogens (tertiary/aromatic N) is 2. The number of carbonyl (C=O) groups is 1. The van der Waals surface area contributed by atoms with Crippen molar-refractivity contribution in [2.45, 2.75) is 20.0 Å². The number of fused-ring (bicyclic) bond motifs is 2. The molecule has 6 heteroatoms. The van der Waals surface area contributed by atoms with Crippen LogP contribution in [0.3, 0.4) is 0 Å². The monoisotopic (exact) mass is 449 g/mol. The highest BCUT2D eigenvalue weighted by Crippen LogP contribution is 2.44. The van der Waals surface area contributed by atoms with E-state index in [1.807, 2.05) is 12.3 Å². The highest BCUT2D eigenvalue weighted by Gasteiger charge is 2.41. The van der Waals surface area contributed by atoms with E-state index in [0.29, 0.717) is 4.88 Å². The van der Waals surface area contributed by atoms with Crippen LogP contribution in [0.1, 0.15) is 26.4 Å². The SMILES string of the molecule is Cc1c(C2=C3C=CC(=[N+](C)C)C=C3[Si](C)(C)c3cc(N(C)C)ccc32)csc1C(=O)O. The molecule has 0 unspecified atom stereocenters. The van der Waals surface area contributed by atoms with E-state index in [0.717, 1.165) is 16.7 Å². The molecular formula is C25H29N2O2SSi+. The molecule has 1 aliphatic carbocycles. The fraction of sp³-hybridized carbons (Fsp3) is 0.280. The Hall–Kier alpha value is -2.70. The summed E-state index contributed by atoms with van der Waals surface area (Å²) in [7, 11) is 6.31. The summed E-state index contributed by atoms with van der Waals surface area (Å²) in [5.41, 5.74) is 7.91. The van der Waals surface area contributed by atoms with E-state index in [9.17, 15) is 9.90 Å². The van der Waals surface area contributed by atoms with Crippen LogP contribution in [-0.4, -0.2) is 57.6 Å². The number of carboxylic acid groups (broad SMARTS) is 1. The summed E-state index contributed by atoms with van der Waals surface area (Å²) in [5, 5.41) is 14.5. The summed E-state index contributed by atoms with van der Waals surface area (Å²) in [6.07, 6.45) is 6.74. The zero-order valence-corrected chi connectivity index (χ0v) is 21.0. The molecule has 0 spiro atoms. The number of thiophene rings is 1. The minimum Gasteiger partial charge on any atom is -0.477 e. The van der Waals surface area contributed by atoms with Gasteiger partial charge >= 0.3 is 5.97 Å². The Bertz CT molecular complexity index is 1240. The van der Waals surface area contributed by atoms with Crippen LogP contribution in [0.5, 0.6) is 0 Å². The van der Waals surface area contributed by atoms with Crippen LogP contribution < -0.4 is 10.1 Å². The summed E-state index contributed by atoms with van der Waals surface area (Å²) in [6, 6.07) is 6.74. The lowest BCUT2D eigenvalue weighted by Crippen LogP contribution is -2.49. The fourth-order valence-electron chi connectivity index (χ4n) is 4.55. The van der Waals surface area contributed by atoms with Gasteiger partial charge in [-0.05, 0) is 68.7 Å². The third kappa shape index (κ3) is 3.34. The molecule has 1 aliphatic heterocycles. The number of allylic oxidation sites excluding steroid dienone is 5. The van der Waals surface area contributed by atoms with Crippen molar-refractivity contribution in [3.05, 3.63) is 74.1 Å². The average molecular weight is 450 g/mol. The lowest BCUT2D eigenvalue weighted by molar-refractivity contribution is -0.462. The normalized spacial score (nSPS) is 16.6. The average Bonchev–Trinajstić information content (AvgIpc) is 3.09. The van der Waals surface area contributed by atoms with Gasteiger partial charge in [0.1, 0.15) is 27.0 Å². The van der Waals surface area contributed by atoms with Crippen molar-refractivity contribution in [3.8, 4) is 0 Å². The fourth-order valence-corrected chi connectivity index (χ4v) is 8.53. The van der Waals surface area contributed by atoms with Crippen molar-refractivity contribution in [3.63, 3.8) is 0 Å². The maximum absolute atomic E-state index is 11.7. The Morgan fingerprint density at radius 1 is 1.13 bits per heavy atom. The van der Waals surface area contributed by atoms with Gasteiger partial charge in [0.2, 0.25) is 0 Å². The molecule has 0 bridgehead atoms. The van der Waals surface area contributed by atoms with Gasteiger partial charge < -0.3 is 10.0 Å². The van der Waals surface area contributed by atoms with Crippen LogP contribution in [0, 0.1) is 6.92 Å². The van der Waals surface area contributed by atoms with Crippen LogP contribution in [-0.2, 0) is 0 Å². The number of hydrogen-bond donors (Lipinski definition) is 1. The number of rotatable bonds is 3. The second kappa shape index (κ2) is 7.46. The van der Waals surface area contributed by atoms with Gasteiger partial charge in [0.15, 0.2) is 5.71 Å². The van der Waals surface area contributed by atoms with Gasteiger partial charge in [-0.15, -0.1) is 11.3 Å². The zero-order valence-electron chi connectivity index (χ0n) is 19.2. The van der Waals surface area contributed by atoms with Crippen LogP contribution >= 0.6 is 11.3 Å². The quantitative estimate of drug-likeness (QED) is 0.561. The van der Waals surface area contributed by atoms with Crippen molar-refractivity contribution in [2.75, 3.05) is 33.1 Å². The molecule has 2 heterocycles. The van der Waals surface area contributed by atoms with Crippen LogP contribution in [0.25, 0.3) is 5.57 Å². The van der Waals surface area contributed by atoms with E-state index in [1.54, 1.807) is 0 Å². The smallest absolute Gasteiger partial charge is 0.346 e. The van der Waals surface area contributed by atoms with Crippen molar-refractivity contribution < 1.29 is 14.5 Å². The summed E-state index contributed by atoms with van der Waals surface area (Å²) < 4.78 is 2.15. The number of benzene rings is 1. The van der Waals surface area contributed by atoms with E-state index in [-0.39, 0.29) is 0 Å². The van der Waals surface area contributed by atoms with Crippen molar-refractivity contribution in [1.29, 1.82) is 0 Å². The molecule has 1 aromatic heterocycles. The molecule has 0 atom stereocenters. The summed E-state index contributed by atoms with van der Waals surface area (Å²) in [5.74, 6) is -0.855. The van der Waals surface area contributed by atoms with E-state index in [2.05, 4.69) is 87.2 Å². The first-order valence-corrected chi connectivity index (χ1v) is 14.2. The molecule has 1 aromatic carbocycles. The highest BCUT2D eigenvalue weighted by atomic mass is 32.1. The summed E-state index contributed by atoms with van der Waals surface area (Å²) in [4.78, 5) is 14.3. The minimum absolute atomic E-state index is 0.419. The molecule has 0 saturated heterocycles. The van der Waals surface area contributed by atoms with Gasteiger partial charge in [0.25, 0.3) is 0 Å². The van der Waals surface area contributed by atoms with Crippen LogP contribution in [0.4, 0.5) is 5.69 Å². The molecule has 0 radical (unpaired) electrons. The van der Waals surface area contributed by atoms with Crippen molar-refractivity contribution in [1.82, 2.24) is 0 Å². The molecule has 0 saturated carbocycles. The van der Waals surface area contributed by atoms with Gasteiger partial charge in [-0.1, -0.05) is 19.2 Å². The van der Waals surface area contributed by atoms with Gasteiger partial charge in [-0.25, -0.2) is 9.37 Å². The first kappa shape index (κ1) is 21.5. The molecule has 0 amide bonds. The standard InChI is InChI=1S/C25H28N2O2SSi/c1-15-20(14-30-24(15)25(28)29)23-18-10-8-16(26(2)3)12-21(18)31(6,7)22-13-17(27(4)5)9-11-19(22)23/h8-14H,1-7H3/p+1. The summed E-state index contributed by atoms with van der Waals surface area (Å²) >= 11 is 1.32. The highest BCUT2D eigenvalue weighted by molar-refractivity contribution is 7.12. The molecule has 1 N–H and O–H groups in total. The minimum atomic E-state index is -1.98. The zero-order chi connectivity index (χ0) is 22.7. The molecular weight excluding hydrogens is 420 g/mol. The molecule has 4 nitrogen and oxygen atoms in total. The van der Waals surface area contributed by atoms with Gasteiger partial charge in [0, 0.05) is 31.9 Å². The van der Waals surface area contributed by atoms with Crippen molar-refractivity contribution in [2.24, 2.45) is 0 Å². The number of aromatic carboxylic acids is 1. The third-order valence-corrected chi connectivity index (χ3v) is 11.0. The van der Waals surface area contributed by atoms with Gasteiger partial charge in [0.05, 0.1) is 0 Å². The number of anilines is 1. The molecule has 160 valence electrons. The Morgan fingerprint density at radius 3 is 2.42 bits per heavy atom. The number of carboxylic acids is 1. The van der Waals surface area contributed by atoms with E-state index in [4.69, 9.17) is 0 Å². The van der Waals surface area contributed by atoms with Gasteiger partial charge in [-0.2, -0.15) is 0 Å². The molecule has 0 fully saturated rings. The number of hydrogen-bond acceptors (Lipinski definition) is 3. The van der Waals surface area contributed by atoms with E-state index < -0.39 is 14.0 Å². The molecule has 2 aliphatic rings.